The van der Waals surface area contributed by atoms with Crippen LogP contribution in [0.4, 0.5) is 5.82 Å². The van der Waals surface area contributed by atoms with Crippen LogP contribution in [-0.2, 0) is 17.6 Å². The Morgan fingerprint density at radius 1 is 0.966 bits per heavy atom. The molecule has 0 amide bonds. The molecule has 0 radical (unpaired) electrons. The lowest BCUT2D eigenvalue weighted by Gasteiger charge is -2.37. The van der Waals surface area contributed by atoms with Gasteiger partial charge in [-0.05, 0) is 62.8 Å². The third-order valence-corrected chi connectivity index (χ3v) is 8.38. The average Bonchev–Trinajstić information content (AvgIpc) is 3.54. The standard InChI is InChI=1S/C23H32N4OS/c1-2-6-19-18(5-1)20-22(24-21(17-7-8-17)25-23(20)29-19)27-9-3-4-16(15-27)14-26-10-12-28-13-11-26/h16-17H,1-15H2. The molecule has 1 atom stereocenters. The highest BCUT2D eigenvalue weighted by Crippen LogP contribution is 2.44. The van der Waals surface area contributed by atoms with Gasteiger partial charge < -0.3 is 9.64 Å². The number of hydrogen-bond donors (Lipinski definition) is 0. The van der Waals surface area contributed by atoms with Crippen molar-refractivity contribution in [2.75, 3.05) is 50.8 Å². The Kier molecular flexibility index (Phi) is 4.97. The lowest BCUT2D eigenvalue weighted by Crippen LogP contribution is -2.44. The first-order valence-electron chi connectivity index (χ1n) is 11.7. The predicted octanol–water partition coefficient (Wildman–Crippen LogP) is 4.00. The van der Waals surface area contributed by atoms with Gasteiger partial charge in [-0.1, -0.05) is 0 Å². The Morgan fingerprint density at radius 3 is 2.69 bits per heavy atom. The van der Waals surface area contributed by atoms with Gasteiger partial charge in [0, 0.05) is 43.5 Å². The Bertz CT molecular complexity index is 887. The van der Waals surface area contributed by atoms with Crippen LogP contribution in [0.3, 0.4) is 0 Å². The number of piperidine rings is 1. The molecule has 156 valence electrons. The van der Waals surface area contributed by atoms with Crippen LogP contribution < -0.4 is 4.90 Å². The Morgan fingerprint density at radius 2 is 1.83 bits per heavy atom. The number of fused-ring (bicyclic) bond motifs is 3. The van der Waals surface area contributed by atoms with Crippen molar-refractivity contribution in [3.8, 4) is 0 Å². The molecule has 0 spiro atoms. The fraction of sp³-hybridized carbons (Fsp3) is 0.739. The molecule has 5 nitrogen and oxygen atoms in total. The highest BCUT2D eigenvalue weighted by atomic mass is 32.1. The molecule has 2 aromatic rings. The van der Waals surface area contributed by atoms with E-state index in [0.717, 1.165) is 51.1 Å². The molecule has 6 heteroatoms. The van der Waals surface area contributed by atoms with E-state index in [9.17, 15) is 0 Å². The summed E-state index contributed by atoms with van der Waals surface area (Å²) in [6.45, 7) is 7.50. The summed E-state index contributed by atoms with van der Waals surface area (Å²) in [5.74, 6) is 3.77. The van der Waals surface area contributed by atoms with Crippen LogP contribution in [0.25, 0.3) is 10.2 Å². The first-order valence-corrected chi connectivity index (χ1v) is 12.5. The van der Waals surface area contributed by atoms with E-state index >= 15 is 0 Å². The molecule has 2 aromatic heterocycles. The summed E-state index contributed by atoms with van der Waals surface area (Å²) in [7, 11) is 0. The van der Waals surface area contributed by atoms with Crippen LogP contribution in [0.5, 0.6) is 0 Å². The van der Waals surface area contributed by atoms with Crippen molar-refractivity contribution in [1.82, 2.24) is 14.9 Å². The number of aryl methyl sites for hydroxylation is 2. The van der Waals surface area contributed by atoms with Crippen LogP contribution in [-0.4, -0.2) is 60.8 Å². The topological polar surface area (TPSA) is 41.5 Å². The molecule has 6 rings (SSSR count). The Balaban J connectivity index is 1.32. The molecule has 2 saturated heterocycles. The number of aromatic nitrogens is 2. The van der Waals surface area contributed by atoms with E-state index in [1.807, 2.05) is 11.3 Å². The Hall–Kier alpha value is -1.24. The van der Waals surface area contributed by atoms with Gasteiger partial charge in [0.2, 0.25) is 0 Å². The van der Waals surface area contributed by atoms with Gasteiger partial charge in [0.25, 0.3) is 0 Å². The summed E-state index contributed by atoms with van der Waals surface area (Å²) in [5.41, 5.74) is 1.59. The molecular weight excluding hydrogens is 380 g/mol. The van der Waals surface area contributed by atoms with Gasteiger partial charge in [-0.25, -0.2) is 9.97 Å². The first kappa shape index (κ1) is 18.5. The monoisotopic (exact) mass is 412 g/mol. The predicted molar refractivity (Wildman–Crippen MR) is 118 cm³/mol. The van der Waals surface area contributed by atoms with E-state index in [1.165, 1.54) is 73.9 Å². The van der Waals surface area contributed by atoms with Gasteiger partial charge in [-0.3, -0.25) is 4.90 Å². The maximum Gasteiger partial charge on any atom is 0.141 e. The van der Waals surface area contributed by atoms with E-state index in [1.54, 1.807) is 10.4 Å². The number of thiophene rings is 1. The fourth-order valence-electron chi connectivity index (χ4n) is 5.46. The minimum Gasteiger partial charge on any atom is -0.379 e. The molecule has 0 bridgehead atoms. The summed E-state index contributed by atoms with van der Waals surface area (Å²) >= 11 is 1.97. The first-order chi connectivity index (χ1) is 14.3. The second-order valence-electron chi connectivity index (χ2n) is 9.44. The highest BCUT2D eigenvalue weighted by Gasteiger charge is 2.32. The summed E-state index contributed by atoms with van der Waals surface area (Å²) in [4.78, 5) is 18.4. The fourth-order valence-corrected chi connectivity index (χ4v) is 6.73. The minimum atomic E-state index is 0.617. The summed E-state index contributed by atoms with van der Waals surface area (Å²) in [6, 6.07) is 0. The highest BCUT2D eigenvalue weighted by molar-refractivity contribution is 7.19. The zero-order chi connectivity index (χ0) is 19.2. The second-order valence-corrected chi connectivity index (χ2v) is 10.5. The molecule has 1 unspecified atom stereocenters. The quantitative estimate of drug-likeness (QED) is 0.759. The van der Waals surface area contributed by atoms with Gasteiger partial charge in [-0.2, -0.15) is 0 Å². The van der Waals surface area contributed by atoms with Gasteiger partial charge in [-0.15, -0.1) is 11.3 Å². The van der Waals surface area contributed by atoms with Crippen LogP contribution in [0.2, 0.25) is 0 Å². The van der Waals surface area contributed by atoms with Gasteiger partial charge in [0.1, 0.15) is 16.5 Å². The van der Waals surface area contributed by atoms with Crippen molar-refractivity contribution in [2.45, 2.75) is 57.3 Å². The normalized spacial score (nSPS) is 26.1. The van der Waals surface area contributed by atoms with E-state index in [4.69, 9.17) is 14.7 Å². The van der Waals surface area contributed by atoms with Gasteiger partial charge >= 0.3 is 0 Å². The number of hydrogen-bond acceptors (Lipinski definition) is 6. The van der Waals surface area contributed by atoms with Crippen molar-refractivity contribution >= 4 is 27.4 Å². The molecule has 2 aliphatic heterocycles. The maximum atomic E-state index is 5.55. The van der Waals surface area contributed by atoms with Crippen LogP contribution in [0.15, 0.2) is 0 Å². The number of nitrogens with zero attached hydrogens (tertiary/aromatic N) is 4. The zero-order valence-electron chi connectivity index (χ0n) is 17.4. The number of ether oxygens (including phenoxy) is 1. The molecule has 29 heavy (non-hydrogen) atoms. The summed E-state index contributed by atoms with van der Waals surface area (Å²) in [6.07, 6.45) is 10.3. The molecule has 3 fully saturated rings. The smallest absolute Gasteiger partial charge is 0.141 e. The van der Waals surface area contributed by atoms with Crippen molar-refractivity contribution < 1.29 is 4.74 Å². The van der Waals surface area contributed by atoms with Crippen molar-refractivity contribution in [2.24, 2.45) is 5.92 Å². The molecule has 4 aliphatic rings. The van der Waals surface area contributed by atoms with E-state index in [0.29, 0.717) is 5.92 Å². The Labute approximate surface area is 177 Å². The van der Waals surface area contributed by atoms with Gasteiger partial charge in [0.05, 0.1) is 18.6 Å². The van der Waals surface area contributed by atoms with Crippen molar-refractivity contribution in [1.29, 1.82) is 0 Å². The lowest BCUT2D eigenvalue weighted by molar-refractivity contribution is 0.0296. The largest absolute Gasteiger partial charge is 0.379 e. The SMILES string of the molecule is C1CCc2c(sc3nc(C4CC4)nc(N4CCCC(CN5CCOCC5)C4)c23)C1. The third-order valence-electron chi connectivity index (χ3n) is 7.19. The van der Waals surface area contributed by atoms with Gasteiger partial charge in [0.15, 0.2) is 0 Å². The van der Waals surface area contributed by atoms with Crippen LogP contribution in [0, 0.1) is 5.92 Å². The molecule has 0 aromatic carbocycles. The second kappa shape index (κ2) is 7.78. The van der Waals surface area contributed by atoms with Crippen LogP contribution >= 0.6 is 11.3 Å². The maximum absolute atomic E-state index is 5.55. The summed E-state index contributed by atoms with van der Waals surface area (Å²) in [5, 5.41) is 1.42. The van der Waals surface area contributed by atoms with Crippen molar-refractivity contribution in [3.05, 3.63) is 16.3 Å². The number of morpholine rings is 1. The molecule has 2 aliphatic carbocycles. The average molecular weight is 413 g/mol. The lowest BCUT2D eigenvalue weighted by atomic mass is 9.95. The number of anilines is 1. The van der Waals surface area contributed by atoms with E-state index < -0.39 is 0 Å². The van der Waals surface area contributed by atoms with E-state index in [2.05, 4.69) is 9.80 Å². The molecular formula is C23H32N4OS. The minimum absolute atomic E-state index is 0.617. The van der Waals surface area contributed by atoms with Crippen LogP contribution in [0.1, 0.15) is 60.7 Å². The molecule has 1 saturated carbocycles. The summed E-state index contributed by atoms with van der Waals surface area (Å²) < 4.78 is 5.55. The number of rotatable bonds is 4. The molecule has 0 N–H and O–H groups in total. The molecule has 4 heterocycles. The van der Waals surface area contributed by atoms with Crippen molar-refractivity contribution in [3.63, 3.8) is 0 Å². The third kappa shape index (κ3) is 3.68. The van der Waals surface area contributed by atoms with E-state index in [-0.39, 0.29) is 0 Å². The zero-order valence-corrected chi connectivity index (χ0v) is 18.2.